The molecule has 0 saturated carbocycles. The van der Waals surface area contributed by atoms with Gasteiger partial charge in [-0.2, -0.15) is 30.6 Å². The predicted octanol–water partition coefficient (Wildman–Crippen LogP) is 5.45. The van der Waals surface area contributed by atoms with Gasteiger partial charge in [-0.3, -0.25) is 9.52 Å². The Balaban J connectivity index is 1.61. The standard InChI is InChI=1S/C25H20ClF6N3O6S2/c26-17-1-6-22(34-42(37,38)20-12-15(24(27,28)29)11-16(13-20)25(30,31)32)21(14-17)23(36)33-18-2-4-19(5-3-18)43(39,40)35-7-9-41-10-8-35/h1-6,11-14,34H,7-10H2,(H,33,36). The Morgan fingerprint density at radius 2 is 1.35 bits per heavy atom. The highest BCUT2D eigenvalue weighted by atomic mass is 35.5. The Labute approximate surface area is 246 Å². The van der Waals surface area contributed by atoms with E-state index in [0.29, 0.717) is 0 Å². The summed E-state index contributed by atoms with van der Waals surface area (Å²) in [5, 5.41) is 2.35. The maximum atomic E-state index is 13.3. The second-order valence-electron chi connectivity index (χ2n) is 9.03. The molecule has 232 valence electrons. The predicted molar refractivity (Wildman–Crippen MR) is 143 cm³/mol. The fourth-order valence-corrected chi connectivity index (χ4v) is 6.65. The van der Waals surface area contributed by atoms with Crippen molar-refractivity contribution >= 4 is 48.9 Å². The summed E-state index contributed by atoms with van der Waals surface area (Å²) in [5.74, 6) is -0.982. The van der Waals surface area contributed by atoms with Crippen LogP contribution in [-0.4, -0.2) is 53.4 Å². The number of carbonyl (C=O) groups excluding carboxylic acids is 1. The number of rotatable bonds is 7. The van der Waals surface area contributed by atoms with E-state index in [-0.39, 0.29) is 60.1 Å². The van der Waals surface area contributed by atoms with Crippen LogP contribution in [0.25, 0.3) is 0 Å². The van der Waals surface area contributed by atoms with Gasteiger partial charge in [-0.15, -0.1) is 0 Å². The zero-order valence-electron chi connectivity index (χ0n) is 21.5. The van der Waals surface area contributed by atoms with Crippen molar-refractivity contribution in [3.8, 4) is 0 Å². The Morgan fingerprint density at radius 3 is 1.88 bits per heavy atom. The molecule has 0 aromatic heterocycles. The third kappa shape index (κ3) is 7.59. The highest BCUT2D eigenvalue weighted by Crippen LogP contribution is 2.38. The summed E-state index contributed by atoms with van der Waals surface area (Å²) >= 11 is 5.95. The largest absolute Gasteiger partial charge is 0.416 e. The van der Waals surface area contributed by atoms with Crippen LogP contribution in [0.15, 0.2) is 70.5 Å². The van der Waals surface area contributed by atoms with Gasteiger partial charge in [0.25, 0.3) is 15.9 Å². The molecule has 0 aliphatic carbocycles. The van der Waals surface area contributed by atoms with Gasteiger partial charge in [-0.05, 0) is 60.7 Å². The average Bonchev–Trinajstić information content (AvgIpc) is 2.93. The molecule has 43 heavy (non-hydrogen) atoms. The van der Waals surface area contributed by atoms with E-state index in [1.54, 1.807) is 0 Å². The SMILES string of the molecule is O=C(Nc1ccc(S(=O)(=O)N2CCOCC2)cc1)c1cc(Cl)ccc1NS(=O)(=O)c1cc(C(F)(F)F)cc(C(F)(F)F)c1. The van der Waals surface area contributed by atoms with Gasteiger partial charge in [-0.1, -0.05) is 11.6 Å². The molecule has 0 spiro atoms. The fraction of sp³-hybridized carbons (Fsp3) is 0.240. The van der Waals surface area contributed by atoms with Crippen LogP contribution in [0.3, 0.4) is 0 Å². The number of alkyl halides is 6. The lowest BCUT2D eigenvalue weighted by molar-refractivity contribution is -0.143. The number of halogens is 7. The first kappa shape index (κ1) is 32.5. The van der Waals surface area contributed by atoms with Crippen LogP contribution in [-0.2, 0) is 37.1 Å². The van der Waals surface area contributed by atoms with Gasteiger partial charge in [0.2, 0.25) is 10.0 Å². The van der Waals surface area contributed by atoms with Gasteiger partial charge in [0.15, 0.2) is 0 Å². The molecule has 4 rings (SSSR count). The summed E-state index contributed by atoms with van der Waals surface area (Å²) in [7, 11) is -8.94. The van der Waals surface area contributed by atoms with E-state index in [4.69, 9.17) is 16.3 Å². The number of amides is 1. The molecule has 0 unspecified atom stereocenters. The summed E-state index contributed by atoms with van der Waals surface area (Å²) < 4.78 is 139. The molecule has 9 nitrogen and oxygen atoms in total. The van der Waals surface area contributed by atoms with Gasteiger partial charge in [-0.25, -0.2) is 16.8 Å². The normalized spacial score (nSPS) is 15.2. The monoisotopic (exact) mass is 671 g/mol. The van der Waals surface area contributed by atoms with E-state index in [1.165, 1.54) is 28.6 Å². The molecule has 0 radical (unpaired) electrons. The van der Waals surface area contributed by atoms with Crippen LogP contribution in [0, 0.1) is 0 Å². The molecule has 2 N–H and O–H groups in total. The number of morpholine rings is 1. The number of ether oxygens (including phenoxy) is 1. The third-order valence-electron chi connectivity index (χ3n) is 6.06. The summed E-state index contributed by atoms with van der Waals surface area (Å²) in [6, 6.07) is 7.96. The molecule has 0 bridgehead atoms. The Kier molecular flexibility index (Phi) is 9.04. The minimum Gasteiger partial charge on any atom is -0.379 e. The summed E-state index contributed by atoms with van der Waals surface area (Å²) in [5.41, 5.74) is -4.58. The molecule has 1 aliphatic rings. The number of anilines is 2. The van der Waals surface area contributed by atoms with E-state index in [0.717, 1.165) is 18.2 Å². The average molecular weight is 672 g/mol. The van der Waals surface area contributed by atoms with Gasteiger partial charge in [0.05, 0.1) is 45.4 Å². The highest BCUT2D eigenvalue weighted by Gasteiger charge is 2.38. The highest BCUT2D eigenvalue weighted by molar-refractivity contribution is 7.92. The minimum atomic E-state index is -5.30. The van der Waals surface area contributed by atoms with E-state index >= 15 is 0 Å². The summed E-state index contributed by atoms with van der Waals surface area (Å²) in [6.07, 6.45) is -10.6. The summed E-state index contributed by atoms with van der Waals surface area (Å²) in [4.78, 5) is 11.6. The van der Waals surface area contributed by atoms with E-state index < -0.39 is 65.6 Å². The smallest absolute Gasteiger partial charge is 0.379 e. The molecule has 1 aliphatic heterocycles. The topological polar surface area (TPSA) is 122 Å². The van der Waals surface area contributed by atoms with Crippen molar-refractivity contribution in [2.75, 3.05) is 36.3 Å². The Bertz CT molecular complexity index is 1710. The second-order valence-corrected chi connectivity index (χ2v) is 13.1. The molecular weight excluding hydrogens is 652 g/mol. The van der Waals surface area contributed by atoms with Crippen molar-refractivity contribution in [1.82, 2.24) is 4.31 Å². The molecular formula is C25H20ClF6N3O6S2. The molecule has 1 amide bonds. The first-order valence-electron chi connectivity index (χ1n) is 12.0. The third-order valence-corrected chi connectivity index (χ3v) is 9.55. The zero-order chi connectivity index (χ0) is 31.8. The van der Waals surface area contributed by atoms with Crippen molar-refractivity contribution in [2.24, 2.45) is 0 Å². The number of benzene rings is 3. The zero-order valence-corrected chi connectivity index (χ0v) is 23.8. The van der Waals surface area contributed by atoms with Crippen LogP contribution >= 0.6 is 11.6 Å². The number of hydrogen-bond acceptors (Lipinski definition) is 6. The molecule has 18 heteroatoms. The lowest BCUT2D eigenvalue weighted by atomic mass is 10.1. The van der Waals surface area contributed by atoms with Crippen molar-refractivity contribution < 1.29 is 52.7 Å². The van der Waals surface area contributed by atoms with Gasteiger partial charge in [0, 0.05) is 23.8 Å². The van der Waals surface area contributed by atoms with Crippen LogP contribution in [0.2, 0.25) is 5.02 Å². The first-order chi connectivity index (χ1) is 19.9. The number of nitrogens with zero attached hydrogens (tertiary/aromatic N) is 1. The van der Waals surface area contributed by atoms with Gasteiger partial charge in [0.1, 0.15) is 0 Å². The van der Waals surface area contributed by atoms with Crippen molar-refractivity contribution in [1.29, 1.82) is 0 Å². The maximum absolute atomic E-state index is 13.3. The van der Waals surface area contributed by atoms with Crippen molar-refractivity contribution in [3.05, 3.63) is 82.4 Å². The van der Waals surface area contributed by atoms with Crippen molar-refractivity contribution in [2.45, 2.75) is 22.1 Å². The molecule has 1 fully saturated rings. The lowest BCUT2D eigenvalue weighted by Gasteiger charge is -2.26. The molecule has 3 aromatic rings. The van der Waals surface area contributed by atoms with Crippen LogP contribution < -0.4 is 10.0 Å². The molecule has 0 atom stereocenters. The summed E-state index contributed by atoms with van der Waals surface area (Å²) in [6.45, 7) is 0.783. The second kappa shape index (κ2) is 12.0. The minimum absolute atomic E-state index is 0.0275. The van der Waals surface area contributed by atoms with Crippen LogP contribution in [0.5, 0.6) is 0 Å². The van der Waals surface area contributed by atoms with Crippen molar-refractivity contribution in [3.63, 3.8) is 0 Å². The molecule has 1 saturated heterocycles. The van der Waals surface area contributed by atoms with Gasteiger partial charge >= 0.3 is 12.4 Å². The molecule has 1 heterocycles. The Morgan fingerprint density at radius 1 is 0.791 bits per heavy atom. The van der Waals surface area contributed by atoms with Crippen LogP contribution in [0.1, 0.15) is 21.5 Å². The van der Waals surface area contributed by atoms with E-state index in [1.807, 2.05) is 4.72 Å². The number of carbonyl (C=O) groups is 1. The van der Waals surface area contributed by atoms with Crippen LogP contribution in [0.4, 0.5) is 37.7 Å². The number of sulfonamides is 2. The number of hydrogen-bond donors (Lipinski definition) is 2. The van der Waals surface area contributed by atoms with E-state index in [2.05, 4.69) is 5.32 Å². The van der Waals surface area contributed by atoms with E-state index in [9.17, 15) is 48.0 Å². The number of nitrogens with one attached hydrogen (secondary N) is 2. The fourth-order valence-electron chi connectivity index (χ4n) is 3.92. The maximum Gasteiger partial charge on any atom is 0.416 e. The van der Waals surface area contributed by atoms with Gasteiger partial charge < -0.3 is 10.1 Å². The quantitative estimate of drug-likeness (QED) is 0.322. The lowest BCUT2D eigenvalue weighted by Crippen LogP contribution is -2.40. The molecule has 3 aromatic carbocycles. The Hall–Kier alpha value is -3.38. The first-order valence-corrected chi connectivity index (χ1v) is 15.3.